The molecule has 1 saturated heterocycles. The van der Waals surface area contributed by atoms with Gasteiger partial charge >= 0.3 is 5.97 Å². The Labute approximate surface area is 130 Å². The highest BCUT2D eigenvalue weighted by Gasteiger charge is 2.26. The highest BCUT2D eigenvalue weighted by molar-refractivity contribution is 7.17. The van der Waals surface area contributed by atoms with Crippen LogP contribution in [0.15, 0.2) is 0 Å². The Balaban J connectivity index is 2.21. The second kappa shape index (κ2) is 6.75. The third-order valence-corrected chi connectivity index (χ3v) is 5.60. The maximum absolute atomic E-state index is 11.4. The molecule has 6 heteroatoms. The van der Waals surface area contributed by atoms with E-state index in [9.17, 15) is 9.90 Å². The van der Waals surface area contributed by atoms with E-state index in [1.807, 2.05) is 14.0 Å². The topological polar surface area (TPSA) is 56.7 Å². The van der Waals surface area contributed by atoms with Crippen molar-refractivity contribution >= 4 is 22.4 Å². The number of aromatic carboxylic acids is 1. The van der Waals surface area contributed by atoms with Crippen LogP contribution in [0.25, 0.3) is 0 Å². The van der Waals surface area contributed by atoms with Crippen LogP contribution < -0.4 is 4.90 Å². The van der Waals surface area contributed by atoms with E-state index >= 15 is 0 Å². The van der Waals surface area contributed by atoms with Crippen molar-refractivity contribution < 1.29 is 9.90 Å². The molecule has 1 aromatic heterocycles. The molecule has 21 heavy (non-hydrogen) atoms. The normalized spacial score (nSPS) is 18.7. The molecule has 118 valence electrons. The molecule has 0 spiro atoms. The van der Waals surface area contributed by atoms with Gasteiger partial charge in [0.25, 0.3) is 0 Å². The molecule has 1 aromatic rings. The van der Waals surface area contributed by atoms with Crippen molar-refractivity contribution in [3.05, 3.63) is 10.6 Å². The van der Waals surface area contributed by atoms with Gasteiger partial charge in [-0.1, -0.05) is 25.2 Å². The highest BCUT2D eigenvalue weighted by Crippen LogP contribution is 2.33. The van der Waals surface area contributed by atoms with Crippen LogP contribution in [0.4, 0.5) is 5.13 Å². The van der Waals surface area contributed by atoms with E-state index in [-0.39, 0.29) is 5.92 Å². The van der Waals surface area contributed by atoms with Crippen LogP contribution in [0.1, 0.15) is 54.4 Å². The van der Waals surface area contributed by atoms with E-state index in [1.165, 1.54) is 11.3 Å². The number of anilines is 1. The van der Waals surface area contributed by atoms with E-state index in [2.05, 4.69) is 28.8 Å². The molecule has 1 atom stereocenters. The Kier molecular flexibility index (Phi) is 5.22. The van der Waals surface area contributed by atoms with Crippen molar-refractivity contribution in [2.24, 2.45) is 0 Å². The van der Waals surface area contributed by atoms with Crippen LogP contribution in [0, 0.1) is 0 Å². The minimum absolute atomic E-state index is 0.187. The second-order valence-electron chi connectivity index (χ2n) is 5.97. The summed E-state index contributed by atoms with van der Waals surface area (Å²) in [6.45, 7) is 6.28. The Hall–Kier alpha value is -1.14. The summed E-state index contributed by atoms with van der Waals surface area (Å²) >= 11 is 1.32. The molecule has 0 aliphatic carbocycles. The number of thiazole rings is 1. The van der Waals surface area contributed by atoms with Gasteiger partial charge in [-0.15, -0.1) is 0 Å². The number of hydrogen-bond donors (Lipinski definition) is 1. The number of carboxylic acids is 1. The first-order chi connectivity index (χ1) is 9.93. The minimum atomic E-state index is -0.856. The van der Waals surface area contributed by atoms with Gasteiger partial charge in [0.1, 0.15) is 4.88 Å². The third-order valence-electron chi connectivity index (χ3n) is 4.45. The van der Waals surface area contributed by atoms with E-state index in [0.29, 0.717) is 10.9 Å². The summed E-state index contributed by atoms with van der Waals surface area (Å²) in [4.78, 5) is 21.0. The quantitative estimate of drug-likeness (QED) is 0.906. The van der Waals surface area contributed by atoms with E-state index < -0.39 is 5.97 Å². The molecule has 1 fully saturated rings. The summed E-state index contributed by atoms with van der Waals surface area (Å²) in [5, 5.41) is 10.2. The average molecular weight is 311 g/mol. The molecule has 2 rings (SSSR count). The van der Waals surface area contributed by atoms with Crippen molar-refractivity contribution in [2.75, 3.05) is 32.1 Å². The van der Waals surface area contributed by atoms with Gasteiger partial charge in [-0.25, -0.2) is 9.78 Å². The van der Waals surface area contributed by atoms with Crippen LogP contribution in [0.2, 0.25) is 0 Å². The summed E-state index contributed by atoms with van der Waals surface area (Å²) in [5.74, 6) is -0.669. The average Bonchev–Trinajstić information content (AvgIpc) is 2.92. The SMILES string of the molecule is CCC(C)c1nc(N(C)C2CCN(C)CC2)sc1C(=O)O. The first kappa shape index (κ1) is 16.2. The lowest BCUT2D eigenvalue weighted by Gasteiger charge is -2.34. The molecule has 0 amide bonds. The highest BCUT2D eigenvalue weighted by atomic mass is 32.1. The molecule has 1 N–H and O–H groups in total. The van der Waals surface area contributed by atoms with E-state index in [0.717, 1.165) is 43.2 Å². The zero-order chi connectivity index (χ0) is 15.6. The minimum Gasteiger partial charge on any atom is -0.477 e. The van der Waals surface area contributed by atoms with Crippen LogP contribution in [-0.4, -0.2) is 54.2 Å². The number of aromatic nitrogens is 1. The predicted molar refractivity (Wildman–Crippen MR) is 86.7 cm³/mol. The number of hydrogen-bond acceptors (Lipinski definition) is 5. The van der Waals surface area contributed by atoms with Crippen molar-refractivity contribution in [3.8, 4) is 0 Å². The standard InChI is InChI=1S/C15H25N3O2S/c1-5-10(2)12-13(14(19)20)21-15(16-12)18(4)11-6-8-17(3)9-7-11/h10-11H,5-9H2,1-4H3,(H,19,20). The number of carboxylic acid groups (broad SMARTS) is 1. The van der Waals surface area contributed by atoms with Crippen LogP contribution >= 0.6 is 11.3 Å². The zero-order valence-electron chi connectivity index (χ0n) is 13.3. The summed E-state index contributed by atoms with van der Waals surface area (Å²) in [7, 11) is 4.18. The van der Waals surface area contributed by atoms with Crippen molar-refractivity contribution in [2.45, 2.75) is 45.1 Å². The molecule has 0 aromatic carbocycles. The molecule has 5 nitrogen and oxygen atoms in total. The molecular weight excluding hydrogens is 286 g/mol. The van der Waals surface area contributed by atoms with Crippen molar-refractivity contribution in [1.29, 1.82) is 0 Å². The molecule has 1 aliphatic heterocycles. The van der Waals surface area contributed by atoms with E-state index in [1.54, 1.807) is 0 Å². The fourth-order valence-corrected chi connectivity index (χ4v) is 3.75. The summed E-state index contributed by atoms with van der Waals surface area (Å²) in [5.41, 5.74) is 0.741. The number of rotatable bonds is 5. The lowest BCUT2D eigenvalue weighted by atomic mass is 10.0. The molecule has 1 unspecified atom stereocenters. The predicted octanol–water partition coefficient (Wildman–Crippen LogP) is 2.89. The number of carbonyl (C=O) groups is 1. The summed E-state index contributed by atoms with van der Waals surface area (Å²) in [6, 6.07) is 0.457. The van der Waals surface area contributed by atoms with Crippen LogP contribution in [0.3, 0.4) is 0 Å². The number of nitrogens with zero attached hydrogens (tertiary/aromatic N) is 3. The molecule has 0 radical (unpaired) electrons. The molecule has 0 bridgehead atoms. The zero-order valence-corrected chi connectivity index (χ0v) is 14.1. The summed E-state index contributed by atoms with van der Waals surface area (Å²) < 4.78 is 0. The monoisotopic (exact) mass is 311 g/mol. The van der Waals surface area contributed by atoms with Crippen LogP contribution in [-0.2, 0) is 0 Å². The number of likely N-dealkylation sites (tertiary alicyclic amines) is 1. The van der Waals surface area contributed by atoms with Gasteiger partial charge in [-0.2, -0.15) is 0 Å². The first-order valence-corrected chi connectivity index (χ1v) is 8.41. The largest absolute Gasteiger partial charge is 0.477 e. The molecule has 0 saturated carbocycles. The van der Waals surface area contributed by atoms with E-state index in [4.69, 9.17) is 0 Å². The smallest absolute Gasteiger partial charge is 0.347 e. The lowest BCUT2D eigenvalue weighted by Crippen LogP contribution is -2.41. The van der Waals surface area contributed by atoms with Gasteiger partial charge in [-0.05, 0) is 45.3 Å². The Bertz CT molecular complexity index is 495. The summed E-state index contributed by atoms with van der Waals surface area (Å²) in [6.07, 6.45) is 3.11. The van der Waals surface area contributed by atoms with Gasteiger partial charge in [0.2, 0.25) is 0 Å². The Morgan fingerprint density at radius 2 is 2.14 bits per heavy atom. The number of piperidine rings is 1. The second-order valence-corrected chi connectivity index (χ2v) is 6.95. The lowest BCUT2D eigenvalue weighted by molar-refractivity contribution is 0.0700. The fourth-order valence-electron chi connectivity index (χ4n) is 2.69. The molecule has 2 heterocycles. The maximum atomic E-state index is 11.4. The third kappa shape index (κ3) is 3.55. The molecule has 1 aliphatic rings. The Morgan fingerprint density at radius 3 is 2.67 bits per heavy atom. The maximum Gasteiger partial charge on any atom is 0.347 e. The van der Waals surface area contributed by atoms with Crippen molar-refractivity contribution in [3.63, 3.8) is 0 Å². The molecular formula is C15H25N3O2S. The van der Waals surface area contributed by atoms with Gasteiger partial charge < -0.3 is 14.9 Å². The van der Waals surface area contributed by atoms with Crippen molar-refractivity contribution in [1.82, 2.24) is 9.88 Å². The van der Waals surface area contributed by atoms with Gasteiger partial charge in [0.15, 0.2) is 5.13 Å². The van der Waals surface area contributed by atoms with Gasteiger partial charge in [0, 0.05) is 13.1 Å². The first-order valence-electron chi connectivity index (χ1n) is 7.59. The fraction of sp³-hybridized carbons (Fsp3) is 0.733. The van der Waals surface area contributed by atoms with Gasteiger partial charge in [0.05, 0.1) is 5.69 Å². The van der Waals surface area contributed by atoms with Crippen LogP contribution in [0.5, 0.6) is 0 Å². The Morgan fingerprint density at radius 1 is 1.52 bits per heavy atom. The van der Waals surface area contributed by atoms with Gasteiger partial charge in [-0.3, -0.25) is 0 Å².